The summed E-state index contributed by atoms with van der Waals surface area (Å²) in [5.41, 5.74) is 5.40. The van der Waals surface area contributed by atoms with Crippen molar-refractivity contribution in [1.82, 2.24) is 9.97 Å². The van der Waals surface area contributed by atoms with Crippen LogP contribution in [0.15, 0.2) is 36.7 Å². The molecule has 0 amide bonds. The Morgan fingerprint density at radius 3 is 2.89 bits per heavy atom. The number of hydrogen-bond acceptors (Lipinski definition) is 5. The highest BCUT2D eigenvalue weighted by atomic mass is 15.3. The molecule has 3 rings (SSSR count). The third-order valence-electron chi connectivity index (χ3n) is 3.31. The molecule has 1 atom stereocenters. The Labute approximate surface area is 105 Å². The largest absolute Gasteiger partial charge is 0.369 e. The molecular weight excluding hydrogens is 226 g/mol. The molecule has 1 aromatic heterocycles. The highest BCUT2D eigenvalue weighted by molar-refractivity contribution is 5.47. The first-order valence-electron chi connectivity index (χ1n) is 5.97. The van der Waals surface area contributed by atoms with E-state index < -0.39 is 0 Å². The highest BCUT2D eigenvalue weighted by Crippen LogP contribution is 2.34. The summed E-state index contributed by atoms with van der Waals surface area (Å²) in [7, 11) is 0. The maximum atomic E-state index is 5.31. The summed E-state index contributed by atoms with van der Waals surface area (Å²) in [4.78, 5) is 8.12. The van der Waals surface area contributed by atoms with Gasteiger partial charge in [0.15, 0.2) is 0 Å². The van der Waals surface area contributed by atoms with Crippen molar-refractivity contribution in [3.63, 3.8) is 0 Å². The fraction of sp³-hybridized carbons (Fsp3) is 0.231. The van der Waals surface area contributed by atoms with Crippen LogP contribution < -0.4 is 16.6 Å². The van der Waals surface area contributed by atoms with Gasteiger partial charge in [0.05, 0.1) is 0 Å². The number of fused-ring (bicyclic) bond motifs is 1. The molecule has 0 saturated carbocycles. The predicted molar refractivity (Wildman–Crippen MR) is 71.2 cm³/mol. The Morgan fingerprint density at radius 2 is 2.06 bits per heavy atom. The molecule has 0 radical (unpaired) electrons. The van der Waals surface area contributed by atoms with E-state index >= 15 is 0 Å². The molecule has 2 aromatic rings. The van der Waals surface area contributed by atoms with Crippen molar-refractivity contribution in [2.24, 2.45) is 5.84 Å². The van der Waals surface area contributed by atoms with Gasteiger partial charge in [0, 0.05) is 18.5 Å². The van der Waals surface area contributed by atoms with Crippen molar-refractivity contribution in [3.05, 3.63) is 47.8 Å². The van der Waals surface area contributed by atoms with Gasteiger partial charge in [-0.1, -0.05) is 24.3 Å². The molecule has 1 aliphatic rings. The van der Waals surface area contributed by atoms with E-state index in [0.29, 0.717) is 11.7 Å². The highest BCUT2D eigenvalue weighted by Gasteiger charge is 2.24. The maximum Gasteiger partial charge on any atom is 0.145 e. The van der Waals surface area contributed by atoms with Crippen molar-refractivity contribution < 1.29 is 0 Å². The first-order chi connectivity index (χ1) is 8.86. The van der Waals surface area contributed by atoms with Crippen molar-refractivity contribution in [3.8, 4) is 0 Å². The third-order valence-corrected chi connectivity index (χ3v) is 3.31. The molecule has 1 unspecified atom stereocenters. The number of nitrogens with one attached hydrogen (secondary N) is 2. The van der Waals surface area contributed by atoms with Gasteiger partial charge in [-0.25, -0.2) is 15.8 Å². The number of benzene rings is 1. The predicted octanol–water partition coefficient (Wildman–Crippen LogP) is 1.51. The molecule has 18 heavy (non-hydrogen) atoms. The third kappa shape index (κ3) is 2.00. The molecule has 1 aliphatic carbocycles. The van der Waals surface area contributed by atoms with Crippen molar-refractivity contribution in [2.45, 2.75) is 12.3 Å². The summed E-state index contributed by atoms with van der Waals surface area (Å²) in [6.45, 7) is 0.887. The summed E-state index contributed by atoms with van der Waals surface area (Å²) in [5, 5.41) is 3.32. The molecule has 1 aromatic carbocycles. The Morgan fingerprint density at radius 1 is 1.22 bits per heavy atom. The van der Waals surface area contributed by atoms with Crippen molar-refractivity contribution in [2.75, 3.05) is 17.3 Å². The molecular formula is C13H15N5. The van der Waals surface area contributed by atoms with Gasteiger partial charge in [0.1, 0.15) is 18.0 Å². The number of nitrogen functional groups attached to an aromatic ring is 1. The van der Waals surface area contributed by atoms with Crippen LogP contribution in [0.4, 0.5) is 11.6 Å². The number of hydrazine groups is 1. The number of anilines is 2. The number of rotatable bonds is 4. The van der Waals surface area contributed by atoms with Crippen LogP contribution in [0.3, 0.4) is 0 Å². The molecule has 0 bridgehead atoms. The Balaban J connectivity index is 1.63. The SMILES string of the molecule is NNc1cc(NCC2Cc3ccccc32)ncn1. The van der Waals surface area contributed by atoms with Gasteiger partial charge < -0.3 is 10.7 Å². The molecule has 0 fully saturated rings. The van der Waals surface area contributed by atoms with E-state index in [0.717, 1.165) is 18.8 Å². The normalized spacial score (nSPS) is 16.6. The van der Waals surface area contributed by atoms with E-state index in [1.165, 1.54) is 17.5 Å². The lowest BCUT2D eigenvalue weighted by molar-refractivity contribution is 0.634. The lowest BCUT2D eigenvalue weighted by atomic mass is 9.78. The monoisotopic (exact) mass is 241 g/mol. The number of aromatic nitrogens is 2. The molecule has 0 aliphatic heterocycles. The average Bonchev–Trinajstić information content (AvgIpc) is 2.40. The van der Waals surface area contributed by atoms with Gasteiger partial charge in [0.25, 0.3) is 0 Å². The minimum absolute atomic E-state index is 0.574. The fourth-order valence-corrected chi connectivity index (χ4v) is 2.31. The zero-order chi connectivity index (χ0) is 12.4. The van der Waals surface area contributed by atoms with Crippen molar-refractivity contribution in [1.29, 1.82) is 0 Å². The van der Waals surface area contributed by atoms with Crippen LogP contribution in [0.5, 0.6) is 0 Å². The van der Waals surface area contributed by atoms with E-state index in [-0.39, 0.29) is 0 Å². The molecule has 5 heteroatoms. The van der Waals surface area contributed by atoms with Gasteiger partial charge >= 0.3 is 0 Å². The van der Waals surface area contributed by atoms with Crippen LogP contribution in [0.25, 0.3) is 0 Å². The van der Waals surface area contributed by atoms with Crippen LogP contribution in [0.2, 0.25) is 0 Å². The first-order valence-corrected chi connectivity index (χ1v) is 5.97. The Kier molecular flexibility index (Phi) is 2.82. The van der Waals surface area contributed by atoms with Crippen LogP contribution in [-0.4, -0.2) is 16.5 Å². The van der Waals surface area contributed by atoms with E-state index in [2.05, 4.69) is 45.0 Å². The smallest absolute Gasteiger partial charge is 0.145 e. The zero-order valence-electron chi connectivity index (χ0n) is 9.93. The molecule has 5 nitrogen and oxygen atoms in total. The Hall–Kier alpha value is -2.14. The lowest BCUT2D eigenvalue weighted by Crippen LogP contribution is -2.24. The average molecular weight is 241 g/mol. The van der Waals surface area contributed by atoms with Crippen LogP contribution in [0.1, 0.15) is 17.0 Å². The topological polar surface area (TPSA) is 75.9 Å². The number of nitrogens with two attached hydrogens (primary N) is 1. The number of hydrogen-bond donors (Lipinski definition) is 3. The first kappa shape index (κ1) is 11.0. The quantitative estimate of drug-likeness (QED) is 0.559. The van der Waals surface area contributed by atoms with Gasteiger partial charge in [-0.05, 0) is 17.5 Å². The van der Waals surface area contributed by atoms with Crippen molar-refractivity contribution >= 4 is 11.6 Å². The molecule has 0 spiro atoms. The molecule has 0 saturated heterocycles. The van der Waals surface area contributed by atoms with E-state index in [1.54, 1.807) is 6.07 Å². The van der Waals surface area contributed by atoms with Gasteiger partial charge in [-0.15, -0.1) is 0 Å². The summed E-state index contributed by atoms with van der Waals surface area (Å²) in [6, 6.07) is 10.4. The van der Waals surface area contributed by atoms with Gasteiger partial charge in [-0.2, -0.15) is 0 Å². The molecule has 92 valence electrons. The molecule has 4 N–H and O–H groups in total. The standard InChI is InChI=1S/C13H15N5/c14-18-13-6-12(16-8-17-13)15-7-10-5-9-3-1-2-4-11(9)10/h1-4,6,8,10H,5,7,14H2,(H2,15,16,17,18). The van der Waals surface area contributed by atoms with E-state index in [4.69, 9.17) is 5.84 Å². The van der Waals surface area contributed by atoms with Gasteiger partial charge in [-0.3, -0.25) is 0 Å². The summed E-state index contributed by atoms with van der Waals surface area (Å²) in [6.07, 6.45) is 2.63. The maximum absolute atomic E-state index is 5.31. The summed E-state index contributed by atoms with van der Waals surface area (Å²) >= 11 is 0. The molecule has 1 heterocycles. The van der Waals surface area contributed by atoms with Crippen LogP contribution in [0, 0.1) is 0 Å². The number of nitrogens with zero attached hydrogens (tertiary/aromatic N) is 2. The van der Waals surface area contributed by atoms with Crippen LogP contribution >= 0.6 is 0 Å². The van der Waals surface area contributed by atoms with Gasteiger partial charge in [0.2, 0.25) is 0 Å². The second kappa shape index (κ2) is 4.62. The van der Waals surface area contributed by atoms with E-state index in [9.17, 15) is 0 Å². The second-order valence-electron chi connectivity index (χ2n) is 4.41. The summed E-state index contributed by atoms with van der Waals surface area (Å²) in [5.74, 6) is 7.29. The van der Waals surface area contributed by atoms with Crippen LogP contribution in [-0.2, 0) is 6.42 Å². The lowest BCUT2D eigenvalue weighted by Gasteiger charge is -2.30. The fourth-order valence-electron chi connectivity index (χ4n) is 2.31. The zero-order valence-corrected chi connectivity index (χ0v) is 9.93. The van der Waals surface area contributed by atoms with E-state index in [1.807, 2.05) is 0 Å². The minimum atomic E-state index is 0.574. The Bertz CT molecular complexity index is 555. The minimum Gasteiger partial charge on any atom is -0.369 e. The second-order valence-corrected chi connectivity index (χ2v) is 4.41. The summed E-state index contributed by atoms with van der Waals surface area (Å²) < 4.78 is 0.